The molecule has 0 amide bonds. The number of rotatable bonds is 4. The van der Waals surface area contributed by atoms with Gasteiger partial charge in [0.05, 0.1) is 6.10 Å². The predicted molar refractivity (Wildman–Crippen MR) is 64.2 cm³/mol. The first-order chi connectivity index (χ1) is 7.03. The molecule has 1 aliphatic heterocycles. The van der Waals surface area contributed by atoms with Crippen molar-refractivity contribution in [2.75, 3.05) is 32.8 Å². The van der Waals surface area contributed by atoms with Crippen molar-refractivity contribution in [3.8, 4) is 0 Å². The minimum absolute atomic E-state index is 0.239. The van der Waals surface area contributed by atoms with Gasteiger partial charge in [-0.3, -0.25) is 4.90 Å². The van der Waals surface area contributed by atoms with Crippen molar-refractivity contribution in [1.82, 2.24) is 10.2 Å². The third-order valence-corrected chi connectivity index (χ3v) is 2.84. The lowest BCUT2D eigenvalue weighted by molar-refractivity contribution is 0.0425. The van der Waals surface area contributed by atoms with Crippen molar-refractivity contribution >= 4 is 0 Å². The average molecular weight is 214 g/mol. The van der Waals surface area contributed by atoms with E-state index in [1.807, 2.05) is 0 Å². The van der Waals surface area contributed by atoms with E-state index in [0.717, 1.165) is 26.2 Å². The summed E-state index contributed by atoms with van der Waals surface area (Å²) in [4.78, 5) is 2.51. The van der Waals surface area contributed by atoms with Gasteiger partial charge in [-0.05, 0) is 47.2 Å². The molecular formula is C12H26N2O. The Balaban J connectivity index is 2.39. The summed E-state index contributed by atoms with van der Waals surface area (Å²) in [6.07, 6.45) is 1.59. The molecule has 0 aromatic heterocycles. The molecule has 1 rings (SSSR count). The van der Waals surface area contributed by atoms with E-state index in [9.17, 15) is 0 Å². The van der Waals surface area contributed by atoms with Crippen molar-refractivity contribution in [3.63, 3.8) is 0 Å². The van der Waals surface area contributed by atoms with Crippen LogP contribution in [0.3, 0.4) is 0 Å². The van der Waals surface area contributed by atoms with Crippen molar-refractivity contribution < 1.29 is 4.74 Å². The summed E-state index contributed by atoms with van der Waals surface area (Å²) in [5.41, 5.74) is 0.239. The topological polar surface area (TPSA) is 24.5 Å². The van der Waals surface area contributed by atoms with Gasteiger partial charge in [-0.15, -0.1) is 0 Å². The second-order valence-corrected chi connectivity index (χ2v) is 5.17. The van der Waals surface area contributed by atoms with Crippen molar-refractivity contribution in [2.24, 2.45) is 0 Å². The second-order valence-electron chi connectivity index (χ2n) is 5.17. The molecular weight excluding hydrogens is 188 g/mol. The molecule has 0 saturated carbocycles. The fourth-order valence-corrected chi connectivity index (χ4v) is 2.28. The maximum absolute atomic E-state index is 5.59. The van der Waals surface area contributed by atoms with Gasteiger partial charge < -0.3 is 10.1 Å². The molecule has 90 valence electrons. The Hall–Kier alpha value is -0.120. The molecule has 3 heteroatoms. The number of hydrogen-bond donors (Lipinski definition) is 1. The second kappa shape index (κ2) is 5.83. The average Bonchev–Trinajstić information content (AvgIpc) is 2.26. The highest BCUT2D eigenvalue weighted by molar-refractivity contribution is 4.85. The van der Waals surface area contributed by atoms with Gasteiger partial charge in [0, 0.05) is 25.2 Å². The summed E-state index contributed by atoms with van der Waals surface area (Å²) >= 11 is 0. The summed E-state index contributed by atoms with van der Waals surface area (Å²) in [7, 11) is 0. The normalized spacial score (nSPS) is 24.8. The van der Waals surface area contributed by atoms with Crippen molar-refractivity contribution in [2.45, 2.75) is 45.8 Å². The molecule has 0 aromatic rings. The van der Waals surface area contributed by atoms with E-state index in [-0.39, 0.29) is 5.54 Å². The molecule has 0 aromatic carbocycles. The number of nitrogens with one attached hydrogen (secondary N) is 1. The van der Waals surface area contributed by atoms with Gasteiger partial charge in [0.15, 0.2) is 0 Å². The molecule has 1 atom stereocenters. The maximum Gasteiger partial charge on any atom is 0.0673 e. The molecule has 1 N–H and O–H groups in total. The van der Waals surface area contributed by atoms with Gasteiger partial charge in [0.25, 0.3) is 0 Å². The minimum Gasteiger partial charge on any atom is -0.377 e. The van der Waals surface area contributed by atoms with Crippen LogP contribution in [0, 0.1) is 0 Å². The van der Waals surface area contributed by atoms with E-state index in [2.05, 4.69) is 37.9 Å². The first-order valence-corrected chi connectivity index (χ1v) is 6.12. The molecule has 0 bridgehead atoms. The van der Waals surface area contributed by atoms with Crippen LogP contribution < -0.4 is 5.32 Å². The predicted octanol–water partition coefficient (Wildman–Crippen LogP) is 1.49. The molecule has 0 radical (unpaired) electrons. The molecule has 1 aliphatic rings. The van der Waals surface area contributed by atoms with Crippen LogP contribution in [-0.2, 0) is 4.74 Å². The summed E-state index contributed by atoms with van der Waals surface area (Å²) in [5, 5.41) is 3.57. The summed E-state index contributed by atoms with van der Waals surface area (Å²) in [6.45, 7) is 14.1. The van der Waals surface area contributed by atoms with Crippen LogP contribution in [0.2, 0.25) is 0 Å². The van der Waals surface area contributed by atoms with E-state index in [1.54, 1.807) is 0 Å². The highest BCUT2D eigenvalue weighted by atomic mass is 16.5. The van der Waals surface area contributed by atoms with Crippen LogP contribution in [0.1, 0.15) is 34.1 Å². The number of hydrogen-bond acceptors (Lipinski definition) is 3. The van der Waals surface area contributed by atoms with E-state index in [4.69, 9.17) is 4.74 Å². The summed E-state index contributed by atoms with van der Waals surface area (Å²) in [5.74, 6) is 0. The Labute approximate surface area is 94.2 Å². The highest BCUT2D eigenvalue weighted by Gasteiger charge is 2.24. The molecule has 0 spiro atoms. The van der Waals surface area contributed by atoms with Crippen molar-refractivity contribution in [3.05, 3.63) is 0 Å². The lowest BCUT2D eigenvalue weighted by Crippen LogP contribution is -2.47. The Morgan fingerprint density at radius 3 is 2.87 bits per heavy atom. The van der Waals surface area contributed by atoms with Gasteiger partial charge in [0.2, 0.25) is 0 Å². The van der Waals surface area contributed by atoms with E-state index < -0.39 is 0 Å². The Morgan fingerprint density at radius 2 is 2.20 bits per heavy atom. The quantitative estimate of drug-likeness (QED) is 0.767. The SMILES string of the molecule is CCOC(C)CN1CCCNC(C)(C)C1. The van der Waals surface area contributed by atoms with Crippen LogP contribution in [0.4, 0.5) is 0 Å². The Kier molecular flexibility index (Phi) is 5.03. The molecule has 15 heavy (non-hydrogen) atoms. The molecule has 1 heterocycles. The Morgan fingerprint density at radius 1 is 1.47 bits per heavy atom. The largest absolute Gasteiger partial charge is 0.377 e. The third-order valence-electron chi connectivity index (χ3n) is 2.84. The maximum atomic E-state index is 5.59. The van der Waals surface area contributed by atoms with Crippen LogP contribution in [0.5, 0.6) is 0 Å². The van der Waals surface area contributed by atoms with Crippen molar-refractivity contribution in [1.29, 1.82) is 0 Å². The smallest absolute Gasteiger partial charge is 0.0673 e. The fourth-order valence-electron chi connectivity index (χ4n) is 2.28. The van der Waals surface area contributed by atoms with Gasteiger partial charge in [-0.25, -0.2) is 0 Å². The van der Waals surface area contributed by atoms with E-state index in [1.165, 1.54) is 13.0 Å². The first kappa shape index (κ1) is 12.9. The molecule has 1 saturated heterocycles. The van der Waals surface area contributed by atoms with Gasteiger partial charge in [-0.1, -0.05) is 0 Å². The number of nitrogens with zero attached hydrogens (tertiary/aromatic N) is 1. The Bertz CT molecular complexity index is 182. The van der Waals surface area contributed by atoms with Crippen LogP contribution in [0.25, 0.3) is 0 Å². The van der Waals surface area contributed by atoms with Gasteiger partial charge in [-0.2, -0.15) is 0 Å². The lowest BCUT2D eigenvalue weighted by Gasteiger charge is -2.31. The van der Waals surface area contributed by atoms with E-state index in [0.29, 0.717) is 6.10 Å². The van der Waals surface area contributed by atoms with Crippen LogP contribution >= 0.6 is 0 Å². The molecule has 0 aliphatic carbocycles. The lowest BCUT2D eigenvalue weighted by atomic mass is 10.1. The monoisotopic (exact) mass is 214 g/mol. The molecule has 1 unspecified atom stereocenters. The molecule has 1 fully saturated rings. The standard InChI is InChI=1S/C12H26N2O/c1-5-15-11(2)9-14-8-6-7-13-12(3,4)10-14/h11,13H,5-10H2,1-4H3. The summed E-state index contributed by atoms with van der Waals surface area (Å²) in [6, 6.07) is 0. The van der Waals surface area contributed by atoms with Crippen LogP contribution in [-0.4, -0.2) is 49.3 Å². The van der Waals surface area contributed by atoms with Crippen LogP contribution in [0.15, 0.2) is 0 Å². The zero-order valence-electron chi connectivity index (χ0n) is 10.7. The fraction of sp³-hybridized carbons (Fsp3) is 1.00. The first-order valence-electron chi connectivity index (χ1n) is 6.12. The summed E-state index contributed by atoms with van der Waals surface area (Å²) < 4.78 is 5.59. The highest BCUT2D eigenvalue weighted by Crippen LogP contribution is 2.11. The zero-order chi connectivity index (χ0) is 11.3. The molecule has 3 nitrogen and oxygen atoms in total. The van der Waals surface area contributed by atoms with Gasteiger partial charge >= 0.3 is 0 Å². The minimum atomic E-state index is 0.239. The number of ether oxygens (including phenoxy) is 1. The van der Waals surface area contributed by atoms with E-state index >= 15 is 0 Å². The van der Waals surface area contributed by atoms with Gasteiger partial charge in [0.1, 0.15) is 0 Å². The zero-order valence-corrected chi connectivity index (χ0v) is 10.7. The third kappa shape index (κ3) is 4.96.